The van der Waals surface area contributed by atoms with Crippen molar-refractivity contribution in [3.05, 3.63) is 23.2 Å². The van der Waals surface area contributed by atoms with E-state index in [0.29, 0.717) is 12.3 Å². The number of hydrogen-bond donors (Lipinski definition) is 2. The Balaban J connectivity index is 0.00000225. The molecular formula is C11H19ClN2O2. The topological polar surface area (TPSA) is 68.3 Å². The van der Waals surface area contributed by atoms with Gasteiger partial charge in [-0.25, -0.2) is 0 Å². The van der Waals surface area contributed by atoms with Crippen LogP contribution in [0.2, 0.25) is 0 Å². The lowest BCUT2D eigenvalue weighted by atomic mass is 10.1. The highest BCUT2D eigenvalue weighted by molar-refractivity contribution is 5.92. The molecule has 0 aliphatic carbocycles. The molecule has 1 heterocycles. The lowest BCUT2D eigenvalue weighted by Gasteiger charge is -2.18. The number of rotatable bonds is 3. The van der Waals surface area contributed by atoms with E-state index in [2.05, 4.69) is 5.32 Å². The molecule has 0 bridgehead atoms. The first-order valence-corrected chi connectivity index (χ1v) is 4.94. The lowest BCUT2D eigenvalue weighted by molar-refractivity contribution is 0.0916. The van der Waals surface area contributed by atoms with E-state index in [-0.39, 0.29) is 18.3 Å². The summed E-state index contributed by atoms with van der Waals surface area (Å²) < 4.78 is 5.29. The standard InChI is InChI=1S/C11H18N2O2.ClH/c1-7-5-8(2)15-9(7)10(14)13-6-11(3,4)12;/h5H,6,12H2,1-4H3,(H,13,14);1H. The molecule has 0 fully saturated rings. The maximum absolute atomic E-state index is 11.7. The average Bonchev–Trinajstić information content (AvgIpc) is 2.40. The van der Waals surface area contributed by atoms with Crippen molar-refractivity contribution in [2.45, 2.75) is 33.2 Å². The molecule has 0 unspecified atom stereocenters. The Morgan fingerprint density at radius 3 is 2.44 bits per heavy atom. The van der Waals surface area contributed by atoms with Crippen molar-refractivity contribution in [2.75, 3.05) is 6.54 Å². The van der Waals surface area contributed by atoms with Crippen LogP contribution < -0.4 is 11.1 Å². The van der Waals surface area contributed by atoms with Crippen molar-refractivity contribution >= 4 is 18.3 Å². The maximum Gasteiger partial charge on any atom is 0.287 e. The molecule has 3 N–H and O–H groups in total. The van der Waals surface area contributed by atoms with Crippen molar-refractivity contribution < 1.29 is 9.21 Å². The fraction of sp³-hybridized carbons (Fsp3) is 0.545. The highest BCUT2D eigenvalue weighted by Crippen LogP contribution is 2.13. The summed E-state index contributed by atoms with van der Waals surface area (Å²) in [5.41, 5.74) is 6.20. The van der Waals surface area contributed by atoms with Crippen LogP contribution in [0.3, 0.4) is 0 Å². The van der Waals surface area contributed by atoms with E-state index in [4.69, 9.17) is 10.2 Å². The predicted molar refractivity (Wildman–Crippen MR) is 66.0 cm³/mol. The Hall–Kier alpha value is -1.00. The molecule has 0 radical (unpaired) electrons. The van der Waals surface area contributed by atoms with Crippen LogP contribution in [-0.4, -0.2) is 18.0 Å². The Kier molecular flexibility index (Phi) is 5.03. The zero-order chi connectivity index (χ0) is 11.6. The van der Waals surface area contributed by atoms with E-state index in [1.807, 2.05) is 33.8 Å². The van der Waals surface area contributed by atoms with E-state index >= 15 is 0 Å². The summed E-state index contributed by atoms with van der Waals surface area (Å²) in [5.74, 6) is 0.903. The first kappa shape index (κ1) is 15.0. The van der Waals surface area contributed by atoms with Crippen LogP contribution in [0.5, 0.6) is 0 Å². The number of amides is 1. The van der Waals surface area contributed by atoms with Crippen LogP contribution in [0.15, 0.2) is 10.5 Å². The van der Waals surface area contributed by atoms with Crippen LogP contribution in [0.25, 0.3) is 0 Å². The molecule has 0 aromatic carbocycles. The number of carbonyl (C=O) groups excluding carboxylic acids is 1. The highest BCUT2D eigenvalue weighted by Gasteiger charge is 2.17. The van der Waals surface area contributed by atoms with Gasteiger partial charge in [0.05, 0.1) is 0 Å². The molecule has 92 valence electrons. The molecule has 0 saturated heterocycles. The van der Waals surface area contributed by atoms with E-state index in [1.54, 1.807) is 0 Å². The minimum absolute atomic E-state index is 0. The number of nitrogens with one attached hydrogen (secondary N) is 1. The molecule has 1 aromatic rings. The SMILES string of the molecule is Cc1cc(C)c(C(=O)NCC(C)(C)N)o1.Cl. The molecule has 16 heavy (non-hydrogen) atoms. The molecule has 4 nitrogen and oxygen atoms in total. The zero-order valence-electron chi connectivity index (χ0n) is 10.1. The molecule has 5 heteroatoms. The van der Waals surface area contributed by atoms with Gasteiger partial charge in [-0.05, 0) is 33.8 Å². The van der Waals surface area contributed by atoms with Gasteiger partial charge in [-0.2, -0.15) is 0 Å². The molecule has 1 rings (SSSR count). The third-order valence-electron chi connectivity index (χ3n) is 1.95. The normalized spacial score (nSPS) is 10.8. The number of nitrogens with two attached hydrogens (primary N) is 1. The summed E-state index contributed by atoms with van der Waals surface area (Å²) in [5, 5.41) is 2.74. The largest absolute Gasteiger partial charge is 0.456 e. The number of furan rings is 1. The number of halogens is 1. The second-order valence-corrected chi connectivity index (χ2v) is 4.54. The summed E-state index contributed by atoms with van der Waals surface area (Å²) in [4.78, 5) is 11.7. The molecule has 1 amide bonds. The summed E-state index contributed by atoms with van der Waals surface area (Å²) in [6.07, 6.45) is 0. The monoisotopic (exact) mass is 246 g/mol. The highest BCUT2D eigenvalue weighted by atomic mass is 35.5. The van der Waals surface area contributed by atoms with Gasteiger partial charge < -0.3 is 15.5 Å². The third-order valence-corrected chi connectivity index (χ3v) is 1.95. The molecular weight excluding hydrogens is 228 g/mol. The summed E-state index contributed by atoms with van der Waals surface area (Å²) in [6, 6.07) is 1.84. The minimum atomic E-state index is -0.412. The number of aryl methyl sites for hydroxylation is 2. The van der Waals surface area contributed by atoms with E-state index < -0.39 is 5.54 Å². The van der Waals surface area contributed by atoms with Crippen LogP contribution in [0.1, 0.15) is 35.7 Å². The predicted octanol–water partition coefficient (Wildman–Crippen LogP) is 1.79. The lowest BCUT2D eigenvalue weighted by Crippen LogP contribution is -2.45. The van der Waals surface area contributed by atoms with Crippen molar-refractivity contribution in [1.82, 2.24) is 5.32 Å². The Morgan fingerprint density at radius 2 is 2.06 bits per heavy atom. The van der Waals surface area contributed by atoms with E-state index in [9.17, 15) is 4.79 Å². The Labute approximate surface area is 102 Å². The van der Waals surface area contributed by atoms with Gasteiger partial charge in [0.1, 0.15) is 5.76 Å². The van der Waals surface area contributed by atoms with Gasteiger partial charge in [-0.15, -0.1) is 12.4 Å². The van der Waals surface area contributed by atoms with Crippen LogP contribution in [-0.2, 0) is 0 Å². The second-order valence-electron chi connectivity index (χ2n) is 4.54. The summed E-state index contributed by atoms with van der Waals surface area (Å²) in [7, 11) is 0. The maximum atomic E-state index is 11.7. The van der Waals surface area contributed by atoms with Gasteiger partial charge in [0.2, 0.25) is 0 Å². The molecule has 0 spiro atoms. The van der Waals surface area contributed by atoms with Crippen LogP contribution in [0.4, 0.5) is 0 Å². The van der Waals surface area contributed by atoms with Gasteiger partial charge in [0.15, 0.2) is 5.76 Å². The van der Waals surface area contributed by atoms with Crippen molar-refractivity contribution in [1.29, 1.82) is 0 Å². The summed E-state index contributed by atoms with van der Waals surface area (Å²) >= 11 is 0. The number of carbonyl (C=O) groups is 1. The number of hydrogen-bond acceptors (Lipinski definition) is 3. The fourth-order valence-electron chi connectivity index (χ4n) is 1.26. The van der Waals surface area contributed by atoms with E-state index in [1.165, 1.54) is 0 Å². The van der Waals surface area contributed by atoms with Gasteiger partial charge in [-0.3, -0.25) is 4.79 Å². The third kappa shape index (κ3) is 4.24. The van der Waals surface area contributed by atoms with Gasteiger partial charge >= 0.3 is 0 Å². The van der Waals surface area contributed by atoms with Gasteiger partial charge in [-0.1, -0.05) is 0 Å². The first-order chi connectivity index (χ1) is 6.79. The smallest absolute Gasteiger partial charge is 0.287 e. The van der Waals surface area contributed by atoms with Crippen molar-refractivity contribution in [2.24, 2.45) is 5.73 Å². The fourth-order valence-corrected chi connectivity index (χ4v) is 1.26. The Morgan fingerprint density at radius 1 is 1.50 bits per heavy atom. The van der Waals surface area contributed by atoms with E-state index in [0.717, 1.165) is 11.3 Å². The zero-order valence-corrected chi connectivity index (χ0v) is 10.9. The molecule has 1 aromatic heterocycles. The average molecular weight is 247 g/mol. The van der Waals surface area contributed by atoms with Crippen LogP contribution in [0, 0.1) is 13.8 Å². The molecule has 0 atom stereocenters. The summed E-state index contributed by atoms with van der Waals surface area (Å²) in [6.45, 7) is 7.79. The first-order valence-electron chi connectivity index (χ1n) is 4.94. The second kappa shape index (κ2) is 5.37. The van der Waals surface area contributed by atoms with Crippen molar-refractivity contribution in [3.63, 3.8) is 0 Å². The van der Waals surface area contributed by atoms with Crippen molar-refractivity contribution in [3.8, 4) is 0 Å². The molecule has 0 saturated carbocycles. The Bertz CT molecular complexity index is 367. The molecule has 0 aliphatic rings. The quantitative estimate of drug-likeness (QED) is 0.854. The van der Waals surface area contributed by atoms with Gasteiger partial charge in [0, 0.05) is 17.6 Å². The van der Waals surface area contributed by atoms with Gasteiger partial charge in [0.25, 0.3) is 5.91 Å². The van der Waals surface area contributed by atoms with Crippen LogP contribution >= 0.6 is 12.4 Å². The minimum Gasteiger partial charge on any atom is -0.456 e. The molecule has 0 aliphatic heterocycles.